The van der Waals surface area contributed by atoms with Crippen molar-refractivity contribution in [2.45, 2.75) is 37.0 Å². The smallest absolute Gasteiger partial charge is 0.186 e. The van der Waals surface area contributed by atoms with Gasteiger partial charge in [0, 0.05) is 19.6 Å². The average Bonchev–Trinajstić information content (AvgIpc) is 2.30. The SMILES string of the molecule is Cc1cc2c(cc1C)S(=O)(=O)C(CN)C(C)N2C. The Balaban J connectivity index is 2.75. The van der Waals surface area contributed by atoms with Crippen molar-refractivity contribution in [3.8, 4) is 0 Å². The second-order valence-electron chi connectivity index (χ2n) is 5.07. The van der Waals surface area contributed by atoms with Gasteiger partial charge in [0.05, 0.1) is 15.8 Å². The fourth-order valence-electron chi connectivity index (χ4n) is 2.49. The number of sulfone groups is 1. The van der Waals surface area contributed by atoms with Crippen LogP contribution < -0.4 is 10.6 Å². The van der Waals surface area contributed by atoms with E-state index in [9.17, 15) is 8.42 Å². The summed E-state index contributed by atoms with van der Waals surface area (Å²) in [6.07, 6.45) is 0. The number of rotatable bonds is 1. The van der Waals surface area contributed by atoms with E-state index in [0.717, 1.165) is 16.8 Å². The summed E-state index contributed by atoms with van der Waals surface area (Å²) in [5, 5.41) is -0.530. The maximum atomic E-state index is 12.5. The highest BCUT2D eigenvalue weighted by molar-refractivity contribution is 7.92. The van der Waals surface area contributed by atoms with Crippen molar-refractivity contribution >= 4 is 15.5 Å². The van der Waals surface area contributed by atoms with Gasteiger partial charge in [-0.1, -0.05) is 0 Å². The molecule has 1 aromatic rings. The summed E-state index contributed by atoms with van der Waals surface area (Å²) in [5.41, 5.74) is 8.54. The Bertz CT molecular complexity index is 581. The molecule has 1 aliphatic heterocycles. The lowest BCUT2D eigenvalue weighted by molar-refractivity contribution is 0.539. The van der Waals surface area contributed by atoms with Crippen LogP contribution >= 0.6 is 0 Å². The monoisotopic (exact) mass is 268 g/mol. The number of nitrogens with two attached hydrogens (primary N) is 1. The summed E-state index contributed by atoms with van der Waals surface area (Å²) in [4.78, 5) is 2.43. The van der Waals surface area contributed by atoms with Crippen LogP contribution in [0.5, 0.6) is 0 Å². The van der Waals surface area contributed by atoms with E-state index < -0.39 is 15.1 Å². The molecule has 0 fully saturated rings. The van der Waals surface area contributed by atoms with Crippen molar-refractivity contribution in [3.63, 3.8) is 0 Å². The van der Waals surface area contributed by atoms with Crippen LogP contribution in [-0.2, 0) is 9.84 Å². The van der Waals surface area contributed by atoms with E-state index in [-0.39, 0.29) is 12.6 Å². The summed E-state index contributed by atoms with van der Waals surface area (Å²) >= 11 is 0. The highest BCUT2D eigenvalue weighted by atomic mass is 32.2. The van der Waals surface area contributed by atoms with Gasteiger partial charge in [-0.3, -0.25) is 0 Å². The van der Waals surface area contributed by atoms with Crippen molar-refractivity contribution in [3.05, 3.63) is 23.3 Å². The fraction of sp³-hybridized carbons (Fsp3) is 0.538. The van der Waals surface area contributed by atoms with Crippen molar-refractivity contribution in [2.24, 2.45) is 5.73 Å². The first-order chi connectivity index (χ1) is 8.30. The molecular weight excluding hydrogens is 248 g/mol. The number of hydrogen-bond donors (Lipinski definition) is 1. The van der Waals surface area contributed by atoms with Crippen LogP contribution in [0.25, 0.3) is 0 Å². The first-order valence-corrected chi connectivity index (χ1v) is 7.63. The minimum Gasteiger partial charge on any atom is -0.369 e. The van der Waals surface area contributed by atoms with Gasteiger partial charge in [0.25, 0.3) is 0 Å². The minimum atomic E-state index is -3.32. The van der Waals surface area contributed by atoms with Crippen LogP contribution in [0.3, 0.4) is 0 Å². The Morgan fingerprint density at radius 1 is 1.28 bits per heavy atom. The second kappa shape index (κ2) is 4.24. The van der Waals surface area contributed by atoms with E-state index in [1.807, 2.05) is 38.8 Å². The molecule has 1 aromatic carbocycles. The zero-order chi connectivity index (χ0) is 13.7. The van der Waals surface area contributed by atoms with Gasteiger partial charge in [0.15, 0.2) is 9.84 Å². The van der Waals surface area contributed by atoms with Crippen LogP contribution in [0.1, 0.15) is 18.1 Å². The van der Waals surface area contributed by atoms with Crippen LogP contribution in [0.4, 0.5) is 5.69 Å². The molecule has 0 amide bonds. The summed E-state index contributed by atoms with van der Waals surface area (Å²) < 4.78 is 25.1. The maximum Gasteiger partial charge on any atom is 0.186 e. The van der Waals surface area contributed by atoms with E-state index in [1.54, 1.807) is 6.07 Å². The third kappa shape index (κ3) is 1.73. The number of aryl methyl sites for hydroxylation is 2. The lowest BCUT2D eigenvalue weighted by atomic mass is 10.1. The largest absolute Gasteiger partial charge is 0.369 e. The molecule has 2 N–H and O–H groups in total. The van der Waals surface area contributed by atoms with E-state index in [1.165, 1.54) is 0 Å². The van der Waals surface area contributed by atoms with Gasteiger partial charge in [-0.2, -0.15) is 0 Å². The Morgan fingerprint density at radius 2 is 1.83 bits per heavy atom. The summed E-state index contributed by atoms with van der Waals surface area (Å²) in [5.74, 6) is 0. The van der Waals surface area contributed by atoms with Crippen molar-refractivity contribution in [1.82, 2.24) is 0 Å². The third-order valence-corrected chi connectivity index (χ3v) is 6.37. The number of nitrogens with zero attached hydrogens (tertiary/aromatic N) is 1. The topological polar surface area (TPSA) is 63.4 Å². The Kier molecular flexibility index (Phi) is 3.15. The normalized spacial score (nSPS) is 25.9. The average molecular weight is 268 g/mol. The molecular formula is C13H20N2O2S. The number of hydrogen-bond acceptors (Lipinski definition) is 4. The van der Waals surface area contributed by atoms with Gasteiger partial charge in [-0.05, 0) is 44.0 Å². The van der Waals surface area contributed by atoms with Gasteiger partial charge < -0.3 is 10.6 Å². The highest BCUT2D eigenvalue weighted by Gasteiger charge is 2.40. The minimum absolute atomic E-state index is 0.102. The zero-order valence-corrected chi connectivity index (χ0v) is 12.1. The number of fused-ring (bicyclic) bond motifs is 1. The van der Waals surface area contributed by atoms with E-state index in [4.69, 9.17) is 5.73 Å². The molecule has 0 aromatic heterocycles. The lowest BCUT2D eigenvalue weighted by Gasteiger charge is -2.39. The summed E-state index contributed by atoms with van der Waals surface area (Å²) in [6.45, 7) is 5.99. The molecule has 4 nitrogen and oxygen atoms in total. The molecule has 0 spiro atoms. The molecule has 2 rings (SSSR count). The molecule has 1 heterocycles. The Morgan fingerprint density at radius 3 is 2.39 bits per heavy atom. The molecule has 18 heavy (non-hydrogen) atoms. The molecule has 1 aliphatic rings. The quantitative estimate of drug-likeness (QED) is 0.832. The van der Waals surface area contributed by atoms with Crippen LogP contribution in [0.2, 0.25) is 0 Å². The highest BCUT2D eigenvalue weighted by Crippen LogP contribution is 2.37. The molecule has 0 radical (unpaired) electrons. The molecule has 5 heteroatoms. The zero-order valence-electron chi connectivity index (χ0n) is 11.3. The second-order valence-corrected chi connectivity index (χ2v) is 7.21. The predicted octanol–water partition coefficient (Wildman–Crippen LogP) is 1.24. The van der Waals surface area contributed by atoms with Gasteiger partial charge >= 0.3 is 0 Å². The van der Waals surface area contributed by atoms with Gasteiger partial charge in [0.1, 0.15) is 0 Å². The maximum absolute atomic E-state index is 12.5. The van der Waals surface area contributed by atoms with Gasteiger partial charge in [-0.15, -0.1) is 0 Å². The van der Waals surface area contributed by atoms with Crippen LogP contribution in [0.15, 0.2) is 17.0 Å². The Labute approximate surface area is 109 Å². The molecule has 100 valence electrons. The predicted molar refractivity (Wildman–Crippen MR) is 73.8 cm³/mol. The number of benzene rings is 1. The third-order valence-electron chi connectivity index (χ3n) is 4.04. The number of anilines is 1. The van der Waals surface area contributed by atoms with Gasteiger partial charge in [-0.25, -0.2) is 8.42 Å². The van der Waals surface area contributed by atoms with E-state index in [0.29, 0.717) is 4.90 Å². The van der Waals surface area contributed by atoms with Crippen molar-refractivity contribution < 1.29 is 8.42 Å². The van der Waals surface area contributed by atoms with Crippen molar-refractivity contribution in [1.29, 1.82) is 0 Å². The van der Waals surface area contributed by atoms with E-state index >= 15 is 0 Å². The standard InChI is InChI=1S/C13H20N2O2S/c1-8-5-11-12(6-9(8)2)18(16,17)13(7-14)10(3)15(11)4/h5-6,10,13H,7,14H2,1-4H3. The molecule has 0 saturated carbocycles. The van der Waals surface area contributed by atoms with Crippen LogP contribution in [-0.4, -0.2) is 33.3 Å². The summed E-state index contributed by atoms with van der Waals surface area (Å²) in [7, 11) is -1.39. The van der Waals surface area contributed by atoms with Crippen molar-refractivity contribution in [2.75, 3.05) is 18.5 Å². The molecule has 0 bridgehead atoms. The molecule has 0 aliphatic carbocycles. The summed E-state index contributed by atoms with van der Waals surface area (Å²) in [6, 6.07) is 3.62. The first kappa shape index (κ1) is 13.4. The molecule has 2 atom stereocenters. The first-order valence-electron chi connectivity index (χ1n) is 6.08. The van der Waals surface area contributed by atoms with Crippen LogP contribution in [0, 0.1) is 13.8 Å². The Hall–Kier alpha value is -1.07. The fourth-order valence-corrected chi connectivity index (χ4v) is 4.61. The van der Waals surface area contributed by atoms with Gasteiger partial charge in [0.2, 0.25) is 0 Å². The lowest BCUT2D eigenvalue weighted by Crippen LogP contribution is -2.51. The molecule has 2 unspecified atom stereocenters. The van der Waals surface area contributed by atoms with E-state index in [2.05, 4.69) is 0 Å². The molecule has 0 saturated heterocycles.